The van der Waals surface area contributed by atoms with Gasteiger partial charge in [-0.15, -0.1) is 6.58 Å². The first kappa shape index (κ1) is 16.8. The van der Waals surface area contributed by atoms with E-state index in [1.54, 1.807) is 24.3 Å². The van der Waals surface area contributed by atoms with Gasteiger partial charge in [0.15, 0.2) is 5.58 Å². The SMILES string of the molecule is C=CCn1c(=O)oc2ccc(C(=O)NCCCc3ccccc3)cc21. The van der Waals surface area contributed by atoms with E-state index < -0.39 is 5.76 Å². The van der Waals surface area contributed by atoms with Crippen molar-refractivity contribution in [3.63, 3.8) is 0 Å². The molecule has 1 amide bonds. The zero-order valence-electron chi connectivity index (χ0n) is 13.9. The zero-order chi connectivity index (χ0) is 17.6. The van der Waals surface area contributed by atoms with E-state index in [9.17, 15) is 9.59 Å². The van der Waals surface area contributed by atoms with Crippen molar-refractivity contribution < 1.29 is 9.21 Å². The fourth-order valence-corrected chi connectivity index (χ4v) is 2.75. The molecule has 25 heavy (non-hydrogen) atoms. The Balaban J connectivity index is 1.64. The number of aryl methyl sites for hydroxylation is 1. The average molecular weight is 336 g/mol. The molecule has 0 unspecified atom stereocenters. The lowest BCUT2D eigenvalue weighted by molar-refractivity contribution is 0.0953. The molecule has 0 saturated heterocycles. The van der Waals surface area contributed by atoms with Crippen LogP contribution in [0, 0.1) is 0 Å². The molecule has 5 heteroatoms. The standard InChI is InChI=1S/C20H20N2O3/c1-2-13-22-17-14-16(10-11-18(17)25-20(22)24)19(23)21-12-6-9-15-7-4-3-5-8-15/h2-5,7-8,10-11,14H,1,6,9,12-13H2,(H,21,23). The number of hydrogen-bond acceptors (Lipinski definition) is 3. The Kier molecular flexibility index (Phi) is 5.14. The molecule has 1 N–H and O–H groups in total. The number of benzene rings is 2. The van der Waals surface area contributed by atoms with Gasteiger partial charge in [0, 0.05) is 18.7 Å². The monoisotopic (exact) mass is 336 g/mol. The lowest BCUT2D eigenvalue weighted by Gasteiger charge is -2.06. The summed E-state index contributed by atoms with van der Waals surface area (Å²) in [5.74, 6) is -0.607. The summed E-state index contributed by atoms with van der Waals surface area (Å²) < 4.78 is 6.61. The highest BCUT2D eigenvalue weighted by Gasteiger charge is 2.12. The molecular formula is C20H20N2O3. The maximum absolute atomic E-state index is 12.3. The van der Waals surface area contributed by atoms with Crippen LogP contribution in [0.15, 0.2) is 70.4 Å². The minimum atomic E-state index is -0.449. The predicted molar refractivity (Wildman–Crippen MR) is 97.8 cm³/mol. The quantitative estimate of drug-likeness (QED) is 0.532. The van der Waals surface area contributed by atoms with Crippen LogP contribution in [0.3, 0.4) is 0 Å². The lowest BCUT2D eigenvalue weighted by Crippen LogP contribution is -2.24. The summed E-state index contributed by atoms with van der Waals surface area (Å²) in [6, 6.07) is 15.2. The molecule has 5 nitrogen and oxygen atoms in total. The number of rotatable bonds is 7. The molecule has 0 radical (unpaired) electrons. The van der Waals surface area contributed by atoms with E-state index in [-0.39, 0.29) is 5.91 Å². The number of carbonyl (C=O) groups excluding carboxylic acids is 1. The van der Waals surface area contributed by atoms with Crippen molar-refractivity contribution in [1.29, 1.82) is 0 Å². The number of carbonyl (C=O) groups is 1. The first-order chi connectivity index (χ1) is 12.2. The summed E-state index contributed by atoms with van der Waals surface area (Å²) >= 11 is 0. The van der Waals surface area contributed by atoms with Gasteiger partial charge in [-0.3, -0.25) is 9.36 Å². The minimum absolute atomic E-state index is 0.159. The maximum atomic E-state index is 12.3. The molecule has 0 aliphatic carbocycles. The van der Waals surface area contributed by atoms with Crippen LogP contribution in [0.25, 0.3) is 11.1 Å². The van der Waals surface area contributed by atoms with Gasteiger partial charge in [-0.1, -0.05) is 36.4 Å². The molecule has 0 atom stereocenters. The summed E-state index contributed by atoms with van der Waals surface area (Å²) in [5, 5.41) is 2.92. The number of amides is 1. The van der Waals surface area contributed by atoms with E-state index in [1.807, 2.05) is 18.2 Å². The minimum Gasteiger partial charge on any atom is -0.408 e. The number of nitrogens with zero attached hydrogens (tertiary/aromatic N) is 1. The van der Waals surface area contributed by atoms with Crippen LogP contribution >= 0.6 is 0 Å². The van der Waals surface area contributed by atoms with Crippen LogP contribution in [-0.2, 0) is 13.0 Å². The normalized spacial score (nSPS) is 10.7. The molecule has 1 aromatic heterocycles. The molecule has 3 aromatic rings. The van der Waals surface area contributed by atoms with Gasteiger partial charge in [0.1, 0.15) is 0 Å². The number of hydrogen-bond donors (Lipinski definition) is 1. The van der Waals surface area contributed by atoms with Gasteiger partial charge in [-0.25, -0.2) is 4.79 Å². The van der Waals surface area contributed by atoms with Crippen molar-refractivity contribution in [2.45, 2.75) is 19.4 Å². The van der Waals surface area contributed by atoms with E-state index in [0.717, 1.165) is 12.8 Å². The summed E-state index contributed by atoms with van der Waals surface area (Å²) in [4.78, 5) is 24.1. The molecule has 0 aliphatic heterocycles. The van der Waals surface area contributed by atoms with Gasteiger partial charge in [0.25, 0.3) is 5.91 Å². The van der Waals surface area contributed by atoms with Crippen molar-refractivity contribution in [3.05, 3.63) is 82.9 Å². The van der Waals surface area contributed by atoms with Crippen LogP contribution in [0.2, 0.25) is 0 Å². The molecule has 3 rings (SSSR count). The summed E-state index contributed by atoms with van der Waals surface area (Å²) in [6.07, 6.45) is 3.40. The Morgan fingerprint density at radius 1 is 1.20 bits per heavy atom. The number of fused-ring (bicyclic) bond motifs is 1. The molecule has 2 aromatic carbocycles. The van der Waals surface area contributed by atoms with Gasteiger partial charge < -0.3 is 9.73 Å². The molecule has 0 aliphatic rings. The van der Waals surface area contributed by atoms with E-state index in [2.05, 4.69) is 24.0 Å². The van der Waals surface area contributed by atoms with Gasteiger partial charge in [-0.2, -0.15) is 0 Å². The van der Waals surface area contributed by atoms with E-state index in [4.69, 9.17) is 4.42 Å². The summed E-state index contributed by atoms with van der Waals surface area (Å²) in [5.41, 5.74) is 2.82. The zero-order valence-corrected chi connectivity index (χ0v) is 13.9. The van der Waals surface area contributed by atoms with Crippen LogP contribution in [-0.4, -0.2) is 17.0 Å². The number of aromatic nitrogens is 1. The summed E-state index contributed by atoms with van der Waals surface area (Å²) in [7, 11) is 0. The Bertz CT molecular complexity index is 938. The van der Waals surface area contributed by atoms with Gasteiger partial charge >= 0.3 is 5.76 Å². The molecular weight excluding hydrogens is 316 g/mol. The van der Waals surface area contributed by atoms with Gasteiger partial charge in [0.05, 0.1) is 5.52 Å². The van der Waals surface area contributed by atoms with Gasteiger partial charge in [-0.05, 0) is 36.6 Å². The fourth-order valence-electron chi connectivity index (χ4n) is 2.75. The molecule has 1 heterocycles. The number of oxazole rings is 1. The van der Waals surface area contributed by atoms with Crippen molar-refractivity contribution >= 4 is 17.0 Å². The third-order valence-electron chi connectivity index (χ3n) is 4.01. The number of nitrogens with one attached hydrogen (secondary N) is 1. The van der Waals surface area contributed by atoms with E-state index in [0.29, 0.717) is 29.8 Å². The highest BCUT2D eigenvalue weighted by molar-refractivity contribution is 5.97. The van der Waals surface area contributed by atoms with Crippen molar-refractivity contribution in [2.75, 3.05) is 6.54 Å². The third kappa shape index (κ3) is 3.88. The first-order valence-electron chi connectivity index (χ1n) is 8.25. The van der Waals surface area contributed by atoms with Crippen LogP contribution in [0.1, 0.15) is 22.3 Å². The second-order valence-electron chi connectivity index (χ2n) is 5.79. The molecule has 0 bridgehead atoms. The molecule has 0 fully saturated rings. The van der Waals surface area contributed by atoms with Gasteiger partial charge in [0.2, 0.25) is 0 Å². The Hall–Kier alpha value is -3.08. The average Bonchev–Trinajstić information content (AvgIpc) is 2.95. The van der Waals surface area contributed by atoms with Crippen LogP contribution < -0.4 is 11.1 Å². The van der Waals surface area contributed by atoms with Crippen LogP contribution in [0.5, 0.6) is 0 Å². The molecule has 0 saturated carbocycles. The summed E-state index contributed by atoms with van der Waals surface area (Å²) in [6.45, 7) is 4.57. The highest BCUT2D eigenvalue weighted by Crippen LogP contribution is 2.15. The third-order valence-corrected chi connectivity index (χ3v) is 4.01. The van der Waals surface area contributed by atoms with E-state index in [1.165, 1.54) is 10.1 Å². The highest BCUT2D eigenvalue weighted by atomic mass is 16.4. The van der Waals surface area contributed by atoms with Crippen molar-refractivity contribution in [2.24, 2.45) is 0 Å². The largest absolute Gasteiger partial charge is 0.420 e. The predicted octanol–water partition coefficient (Wildman–Crippen LogP) is 3.14. The van der Waals surface area contributed by atoms with Crippen LogP contribution in [0.4, 0.5) is 0 Å². The van der Waals surface area contributed by atoms with Crippen molar-refractivity contribution in [3.8, 4) is 0 Å². The second-order valence-corrected chi connectivity index (χ2v) is 5.79. The number of allylic oxidation sites excluding steroid dienone is 1. The Morgan fingerprint density at radius 2 is 2.00 bits per heavy atom. The second kappa shape index (κ2) is 7.66. The van der Waals surface area contributed by atoms with Crippen molar-refractivity contribution in [1.82, 2.24) is 9.88 Å². The first-order valence-corrected chi connectivity index (χ1v) is 8.25. The molecule has 0 spiro atoms. The fraction of sp³-hybridized carbons (Fsp3) is 0.200. The smallest absolute Gasteiger partial charge is 0.408 e. The topological polar surface area (TPSA) is 64.2 Å². The Morgan fingerprint density at radius 3 is 2.76 bits per heavy atom. The Labute approximate surface area is 145 Å². The maximum Gasteiger partial charge on any atom is 0.420 e. The lowest BCUT2D eigenvalue weighted by atomic mass is 10.1. The molecule has 128 valence electrons. The van der Waals surface area contributed by atoms with E-state index >= 15 is 0 Å².